The number of ketones is 1. The predicted molar refractivity (Wildman–Crippen MR) is 186 cm³/mol. The number of hydrogen-bond donors (Lipinski definition) is 3. The number of benzene rings is 4. The lowest BCUT2D eigenvalue weighted by Crippen LogP contribution is -2.50. The van der Waals surface area contributed by atoms with Crippen LogP contribution in [0.4, 0.5) is 26.2 Å². The zero-order chi connectivity index (χ0) is 36.2. The number of hydrogen-bond acceptors (Lipinski definition) is 9. The monoisotopic (exact) mass is 687 g/mol. The minimum absolute atomic E-state index is 0.00839. The Morgan fingerprint density at radius 2 is 1.61 bits per heavy atom. The first-order valence-electron chi connectivity index (χ1n) is 15.6. The summed E-state index contributed by atoms with van der Waals surface area (Å²) in [6.07, 6.45) is -1.64. The highest BCUT2D eigenvalue weighted by Gasteiger charge is 2.36. The van der Waals surface area contributed by atoms with Crippen LogP contribution in [-0.2, 0) is 14.4 Å². The second kappa shape index (κ2) is 14.3. The molecule has 5 amide bonds. The Balaban J connectivity index is 1.41. The lowest BCUT2D eigenvalue weighted by atomic mass is 9.97. The maximum absolute atomic E-state index is 15.4. The maximum Gasteiger partial charge on any atom is 0.321 e. The molecule has 0 saturated heterocycles. The van der Waals surface area contributed by atoms with Crippen LogP contribution in [0.25, 0.3) is 11.4 Å². The lowest BCUT2D eigenvalue weighted by molar-refractivity contribution is -0.124. The van der Waals surface area contributed by atoms with Crippen LogP contribution < -0.4 is 20.4 Å². The van der Waals surface area contributed by atoms with E-state index >= 15 is 4.39 Å². The zero-order valence-corrected chi connectivity index (χ0v) is 27.5. The summed E-state index contributed by atoms with van der Waals surface area (Å²) in [5.41, 5.74) is 2.23. The van der Waals surface area contributed by atoms with E-state index in [4.69, 9.17) is 0 Å². The number of nitrogens with one attached hydrogen (secondary N) is 3. The number of aryl methyl sites for hydroxylation is 1. The van der Waals surface area contributed by atoms with Gasteiger partial charge in [-0.1, -0.05) is 54.6 Å². The van der Waals surface area contributed by atoms with E-state index in [-0.39, 0.29) is 28.2 Å². The average Bonchev–Trinajstić information content (AvgIpc) is 3.62. The van der Waals surface area contributed by atoms with Gasteiger partial charge in [0.05, 0.1) is 23.6 Å². The number of carbonyl (C=O) groups is 5. The number of Topliss-reactive ketones (excluding diaryl/α,β-unsaturated/α-hetero) is 1. The van der Waals surface area contributed by atoms with Crippen LogP contribution in [0.1, 0.15) is 40.9 Å². The van der Waals surface area contributed by atoms with Gasteiger partial charge in [0.25, 0.3) is 5.91 Å². The highest BCUT2D eigenvalue weighted by atomic mass is 19.1. The summed E-state index contributed by atoms with van der Waals surface area (Å²) in [4.78, 5) is 73.6. The Morgan fingerprint density at radius 1 is 0.902 bits per heavy atom. The number of halogens is 1. The Kier molecular flexibility index (Phi) is 9.53. The minimum Gasteiger partial charge on any atom is -0.308 e. The molecule has 256 valence electrons. The average molecular weight is 688 g/mol. The van der Waals surface area contributed by atoms with Crippen LogP contribution in [0.15, 0.2) is 96.0 Å². The van der Waals surface area contributed by atoms with Crippen LogP contribution in [-0.4, -0.2) is 68.6 Å². The molecule has 0 aliphatic carbocycles. The number of carbonyl (C=O) groups excluding carboxylic acids is 5. The molecule has 0 saturated carbocycles. The number of aromatic nitrogens is 4. The molecule has 15 heteroatoms. The molecule has 1 aliphatic heterocycles. The summed E-state index contributed by atoms with van der Waals surface area (Å²) in [5, 5.41) is 19.0. The topological polar surface area (TPSA) is 183 Å². The number of urea groups is 1. The van der Waals surface area contributed by atoms with Gasteiger partial charge in [0.15, 0.2) is 5.78 Å². The van der Waals surface area contributed by atoms with E-state index in [2.05, 4.69) is 36.3 Å². The van der Waals surface area contributed by atoms with E-state index in [1.54, 1.807) is 67.6 Å². The van der Waals surface area contributed by atoms with Crippen molar-refractivity contribution < 1.29 is 28.4 Å². The number of nitrogens with zero attached hydrogens (tertiary/aromatic N) is 6. The number of rotatable bonds is 8. The Hall–Kier alpha value is -6.90. The van der Waals surface area contributed by atoms with Crippen molar-refractivity contribution >= 4 is 52.3 Å². The fourth-order valence-corrected chi connectivity index (χ4v) is 5.84. The minimum atomic E-state index is -1.64. The number of para-hydroxylation sites is 2. The van der Waals surface area contributed by atoms with Crippen molar-refractivity contribution in [1.29, 1.82) is 0 Å². The number of fused-ring (bicyclic) bond motifs is 1. The van der Waals surface area contributed by atoms with Crippen molar-refractivity contribution in [3.8, 4) is 11.4 Å². The van der Waals surface area contributed by atoms with Crippen molar-refractivity contribution in [3.05, 3.63) is 119 Å². The lowest BCUT2D eigenvalue weighted by Gasteiger charge is -2.27. The molecule has 0 radical (unpaired) electrons. The zero-order valence-electron chi connectivity index (χ0n) is 27.5. The molecule has 6 rings (SSSR count). The van der Waals surface area contributed by atoms with Gasteiger partial charge in [-0.05, 0) is 54.1 Å². The molecule has 51 heavy (non-hydrogen) atoms. The first-order valence-corrected chi connectivity index (χ1v) is 15.6. The molecule has 1 unspecified atom stereocenters. The number of benzodiazepines with no additional fused rings is 1. The van der Waals surface area contributed by atoms with Crippen molar-refractivity contribution in [2.45, 2.75) is 26.9 Å². The van der Waals surface area contributed by atoms with Gasteiger partial charge in [-0.3, -0.25) is 24.1 Å². The Morgan fingerprint density at radius 3 is 2.33 bits per heavy atom. The Labute approximate surface area is 290 Å². The second-order valence-corrected chi connectivity index (χ2v) is 11.5. The molecule has 5 aromatic rings. The summed E-state index contributed by atoms with van der Waals surface area (Å²) in [5.74, 6) is -2.94. The highest BCUT2D eigenvalue weighted by molar-refractivity contribution is 6.23. The second-order valence-electron chi connectivity index (χ2n) is 11.5. The summed E-state index contributed by atoms with van der Waals surface area (Å²) >= 11 is 0. The smallest absolute Gasteiger partial charge is 0.308 e. The standard InChI is InChI=1S/C36H30FN9O5/c1-20-10-8-15-27-31(25-13-4-6-16-28(25)37)39-34(40-36(51)38-24-12-9-11-23(18-24)33-41-43-44-42-33)35(50)45(32(20)27)19-30(49)26-14-5-7-17-29(26)46(21(2)47)22(3)48/h4-18,34H,19H2,1-3H3,(H2,38,40,51)(H,41,42,43,44). The van der Waals surface area contributed by atoms with E-state index in [0.717, 1.165) is 4.90 Å². The van der Waals surface area contributed by atoms with Gasteiger partial charge in [-0.25, -0.2) is 14.2 Å². The third kappa shape index (κ3) is 6.98. The number of imide groups is 1. The van der Waals surface area contributed by atoms with Crippen molar-refractivity contribution in [2.75, 3.05) is 21.7 Å². The van der Waals surface area contributed by atoms with Gasteiger partial charge in [0.1, 0.15) is 5.82 Å². The molecule has 0 fully saturated rings. The molecule has 0 spiro atoms. The molecular formula is C36H30FN9O5. The van der Waals surface area contributed by atoms with Gasteiger partial charge < -0.3 is 15.5 Å². The summed E-state index contributed by atoms with van der Waals surface area (Å²) < 4.78 is 15.4. The number of tetrazole rings is 1. The van der Waals surface area contributed by atoms with E-state index in [1.165, 1.54) is 49.1 Å². The molecule has 3 N–H and O–H groups in total. The number of H-pyrrole nitrogens is 1. The van der Waals surface area contributed by atoms with Crippen LogP contribution in [0.3, 0.4) is 0 Å². The summed E-state index contributed by atoms with van der Waals surface area (Å²) in [7, 11) is 0. The van der Waals surface area contributed by atoms with Crippen molar-refractivity contribution in [3.63, 3.8) is 0 Å². The van der Waals surface area contributed by atoms with Gasteiger partial charge in [0, 0.05) is 41.8 Å². The van der Waals surface area contributed by atoms with Gasteiger partial charge in [-0.15, -0.1) is 10.2 Å². The van der Waals surface area contributed by atoms with E-state index in [1.807, 2.05) is 0 Å². The maximum atomic E-state index is 15.4. The van der Waals surface area contributed by atoms with Crippen LogP contribution in [0, 0.1) is 12.7 Å². The summed E-state index contributed by atoms with van der Waals surface area (Å²) in [6, 6.07) is 22.8. The molecule has 14 nitrogen and oxygen atoms in total. The van der Waals surface area contributed by atoms with E-state index in [9.17, 15) is 24.0 Å². The molecule has 1 aromatic heterocycles. The van der Waals surface area contributed by atoms with Crippen LogP contribution >= 0.6 is 0 Å². The van der Waals surface area contributed by atoms with Gasteiger partial charge in [-0.2, -0.15) is 5.21 Å². The molecule has 2 heterocycles. The van der Waals surface area contributed by atoms with Crippen molar-refractivity contribution in [2.24, 2.45) is 4.99 Å². The number of aliphatic imine (C=N–C) groups is 1. The first-order chi connectivity index (χ1) is 24.5. The summed E-state index contributed by atoms with van der Waals surface area (Å²) in [6.45, 7) is 3.54. The van der Waals surface area contributed by atoms with Crippen molar-refractivity contribution in [1.82, 2.24) is 25.9 Å². The molecule has 1 aliphatic rings. The third-order valence-corrected chi connectivity index (χ3v) is 8.02. The van der Waals surface area contributed by atoms with Crippen LogP contribution in [0.5, 0.6) is 0 Å². The molecule has 1 atom stereocenters. The van der Waals surface area contributed by atoms with E-state index < -0.39 is 48.1 Å². The van der Waals surface area contributed by atoms with Crippen LogP contribution in [0.2, 0.25) is 0 Å². The fraction of sp³-hybridized carbons (Fsp3) is 0.139. The molecule has 4 aromatic carbocycles. The number of anilines is 3. The van der Waals surface area contributed by atoms with Gasteiger partial charge in [0.2, 0.25) is 23.8 Å². The van der Waals surface area contributed by atoms with Gasteiger partial charge >= 0.3 is 6.03 Å². The first kappa shape index (κ1) is 34.0. The molecule has 0 bridgehead atoms. The van der Waals surface area contributed by atoms with E-state index in [0.29, 0.717) is 28.2 Å². The largest absolute Gasteiger partial charge is 0.321 e. The highest BCUT2D eigenvalue weighted by Crippen LogP contribution is 2.33. The Bertz CT molecular complexity index is 2210. The number of aromatic amines is 1. The quantitative estimate of drug-likeness (QED) is 0.200. The fourth-order valence-electron chi connectivity index (χ4n) is 5.84. The number of amides is 5. The normalized spacial score (nSPS) is 13.8. The molecular weight excluding hydrogens is 657 g/mol. The predicted octanol–water partition coefficient (Wildman–Crippen LogP) is 4.43. The SMILES string of the molecule is CC(=O)N(C(C)=O)c1ccccc1C(=O)CN1C(=O)C(NC(=O)Nc2cccc(-c3nn[nH]n3)c2)N=C(c2ccccc2F)c2cccc(C)c21. The third-order valence-electron chi connectivity index (χ3n) is 8.02.